The van der Waals surface area contributed by atoms with E-state index in [0.717, 1.165) is 37.7 Å². The molecule has 1 amide bonds. The normalized spacial score (nSPS) is 14.9. The number of halogens is 2. The zero-order chi connectivity index (χ0) is 22.7. The molecule has 1 unspecified atom stereocenters. The first-order chi connectivity index (χ1) is 15.4. The van der Waals surface area contributed by atoms with Gasteiger partial charge in [-0.05, 0) is 49.4 Å². The van der Waals surface area contributed by atoms with Crippen LogP contribution in [0.3, 0.4) is 0 Å². The number of hydrogen-bond acceptors (Lipinski definition) is 7. The molecule has 1 atom stereocenters. The molecule has 1 saturated heterocycles. The molecule has 168 valence electrons. The van der Waals surface area contributed by atoms with Crippen LogP contribution >= 0.6 is 35.0 Å². The van der Waals surface area contributed by atoms with Crippen molar-refractivity contribution in [1.29, 1.82) is 0 Å². The Kier molecular flexibility index (Phi) is 7.10. The molecule has 3 N–H and O–H groups in total. The molecular formula is C21H22Cl2N6O2S. The van der Waals surface area contributed by atoms with Crippen LogP contribution in [0.4, 0.5) is 11.4 Å². The van der Waals surface area contributed by atoms with Crippen molar-refractivity contribution in [3.8, 4) is 11.4 Å². The first-order valence-corrected chi connectivity index (χ1v) is 11.6. The van der Waals surface area contributed by atoms with Crippen LogP contribution in [0.15, 0.2) is 47.6 Å². The van der Waals surface area contributed by atoms with Gasteiger partial charge in [0.25, 0.3) is 0 Å². The highest BCUT2D eigenvalue weighted by molar-refractivity contribution is 8.00. The molecule has 0 saturated carbocycles. The van der Waals surface area contributed by atoms with Gasteiger partial charge < -0.3 is 20.8 Å². The van der Waals surface area contributed by atoms with Crippen molar-refractivity contribution < 1.29 is 9.53 Å². The zero-order valence-corrected chi connectivity index (χ0v) is 19.6. The van der Waals surface area contributed by atoms with Gasteiger partial charge in [-0.15, -0.1) is 10.2 Å². The second-order valence-corrected chi connectivity index (χ2v) is 9.35. The summed E-state index contributed by atoms with van der Waals surface area (Å²) in [6, 6.07) is 12.8. The van der Waals surface area contributed by atoms with Gasteiger partial charge in [-0.2, -0.15) is 0 Å². The molecule has 2 aromatic carbocycles. The fourth-order valence-electron chi connectivity index (χ4n) is 3.24. The number of nitrogens with zero attached hydrogens (tertiary/aromatic N) is 4. The Labute approximate surface area is 200 Å². The Morgan fingerprint density at radius 2 is 1.88 bits per heavy atom. The lowest BCUT2D eigenvalue weighted by molar-refractivity contribution is -0.115. The van der Waals surface area contributed by atoms with Crippen LogP contribution < -0.4 is 16.1 Å². The Hall–Kier alpha value is -2.46. The average Bonchev–Trinajstić information content (AvgIpc) is 3.14. The predicted molar refractivity (Wildman–Crippen MR) is 129 cm³/mol. The molecule has 2 heterocycles. The molecule has 32 heavy (non-hydrogen) atoms. The fraction of sp³-hybridized carbons (Fsp3) is 0.286. The maximum absolute atomic E-state index is 12.7. The molecule has 3 aromatic rings. The maximum atomic E-state index is 12.7. The van der Waals surface area contributed by atoms with Crippen molar-refractivity contribution in [2.45, 2.75) is 17.3 Å². The number of morpholine rings is 1. The summed E-state index contributed by atoms with van der Waals surface area (Å²) in [4.78, 5) is 14.9. The standard InChI is InChI=1S/C21H22Cl2N6O2S/c1-13(20(30)25-15-3-5-16(6-4-15)28-8-10-31-11-9-28)32-21-27-26-19(29(21)24)17-7-2-14(22)12-18(17)23/h2-7,12-13H,8-11,24H2,1H3,(H,25,30). The minimum Gasteiger partial charge on any atom is -0.378 e. The number of rotatable bonds is 6. The Morgan fingerprint density at radius 1 is 1.16 bits per heavy atom. The number of thioether (sulfide) groups is 1. The molecule has 1 aromatic heterocycles. The molecule has 0 bridgehead atoms. The summed E-state index contributed by atoms with van der Waals surface area (Å²) >= 11 is 13.4. The van der Waals surface area contributed by atoms with E-state index in [0.29, 0.717) is 26.6 Å². The van der Waals surface area contributed by atoms with E-state index in [1.807, 2.05) is 24.3 Å². The van der Waals surface area contributed by atoms with Crippen LogP contribution in [-0.4, -0.2) is 52.3 Å². The highest BCUT2D eigenvalue weighted by Crippen LogP contribution is 2.31. The monoisotopic (exact) mass is 492 g/mol. The van der Waals surface area contributed by atoms with Crippen molar-refractivity contribution in [2.75, 3.05) is 42.4 Å². The highest BCUT2D eigenvalue weighted by Gasteiger charge is 2.21. The number of anilines is 2. The van der Waals surface area contributed by atoms with E-state index in [2.05, 4.69) is 20.4 Å². The van der Waals surface area contributed by atoms with Gasteiger partial charge in [0, 0.05) is 35.1 Å². The third-order valence-corrected chi connectivity index (χ3v) is 6.60. The molecule has 4 rings (SSSR count). The SMILES string of the molecule is CC(Sc1nnc(-c2ccc(Cl)cc2Cl)n1N)C(=O)Nc1ccc(N2CCOCC2)cc1. The molecule has 1 aliphatic heterocycles. The van der Waals surface area contributed by atoms with Crippen molar-refractivity contribution >= 4 is 52.2 Å². The Morgan fingerprint density at radius 3 is 2.56 bits per heavy atom. The number of carbonyl (C=O) groups excluding carboxylic acids is 1. The van der Waals surface area contributed by atoms with Gasteiger partial charge in [0.1, 0.15) is 0 Å². The van der Waals surface area contributed by atoms with Gasteiger partial charge >= 0.3 is 0 Å². The minimum atomic E-state index is -0.450. The smallest absolute Gasteiger partial charge is 0.237 e. The molecule has 1 aliphatic rings. The van der Waals surface area contributed by atoms with E-state index in [9.17, 15) is 4.79 Å². The van der Waals surface area contributed by atoms with E-state index in [1.54, 1.807) is 25.1 Å². The van der Waals surface area contributed by atoms with Crippen LogP contribution in [0.25, 0.3) is 11.4 Å². The summed E-state index contributed by atoms with van der Waals surface area (Å²) in [7, 11) is 0. The Bertz CT molecular complexity index is 1100. The highest BCUT2D eigenvalue weighted by atomic mass is 35.5. The molecule has 0 radical (unpaired) electrons. The second kappa shape index (κ2) is 9.99. The van der Waals surface area contributed by atoms with Crippen molar-refractivity contribution in [2.24, 2.45) is 0 Å². The van der Waals surface area contributed by atoms with Crippen LogP contribution in [-0.2, 0) is 9.53 Å². The van der Waals surface area contributed by atoms with E-state index in [-0.39, 0.29) is 5.91 Å². The van der Waals surface area contributed by atoms with Gasteiger partial charge in [-0.25, -0.2) is 4.68 Å². The van der Waals surface area contributed by atoms with Crippen molar-refractivity contribution in [3.63, 3.8) is 0 Å². The van der Waals surface area contributed by atoms with Crippen molar-refractivity contribution in [1.82, 2.24) is 14.9 Å². The number of carbonyl (C=O) groups is 1. The third kappa shape index (κ3) is 5.12. The molecular weight excluding hydrogens is 471 g/mol. The second-order valence-electron chi connectivity index (χ2n) is 7.20. The number of ether oxygens (including phenoxy) is 1. The first kappa shape index (κ1) is 22.7. The predicted octanol–water partition coefficient (Wildman–Crippen LogP) is 3.92. The number of hydrogen-bond donors (Lipinski definition) is 2. The van der Waals surface area contributed by atoms with Gasteiger partial charge in [-0.1, -0.05) is 35.0 Å². The maximum Gasteiger partial charge on any atom is 0.237 e. The number of amides is 1. The molecule has 0 aliphatic carbocycles. The molecule has 1 fully saturated rings. The minimum absolute atomic E-state index is 0.164. The van der Waals surface area contributed by atoms with Gasteiger partial charge in [-0.3, -0.25) is 4.79 Å². The van der Waals surface area contributed by atoms with Crippen LogP contribution in [0.5, 0.6) is 0 Å². The Balaban J connectivity index is 1.39. The first-order valence-electron chi connectivity index (χ1n) is 9.98. The number of nitrogens with two attached hydrogens (primary N) is 1. The number of nitrogens with one attached hydrogen (secondary N) is 1. The van der Waals surface area contributed by atoms with Crippen LogP contribution in [0.2, 0.25) is 10.0 Å². The fourth-order valence-corrected chi connectivity index (χ4v) is 4.51. The van der Waals surface area contributed by atoms with Crippen LogP contribution in [0.1, 0.15) is 6.92 Å². The molecule has 11 heteroatoms. The van der Waals surface area contributed by atoms with E-state index >= 15 is 0 Å². The summed E-state index contributed by atoms with van der Waals surface area (Å²) in [5.41, 5.74) is 2.44. The number of nitrogen functional groups attached to an aromatic ring is 1. The van der Waals surface area contributed by atoms with E-state index in [1.165, 1.54) is 16.4 Å². The summed E-state index contributed by atoms with van der Waals surface area (Å²) in [6.45, 7) is 4.96. The molecule has 8 nitrogen and oxygen atoms in total. The number of aromatic nitrogens is 3. The zero-order valence-electron chi connectivity index (χ0n) is 17.3. The summed E-state index contributed by atoms with van der Waals surface area (Å²) < 4.78 is 6.71. The lowest BCUT2D eigenvalue weighted by Gasteiger charge is -2.28. The van der Waals surface area contributed by atoms with Crippen molar-refractivity contribution in [3.05, 3.63) is 52.5 Å². The number of benzene rings is 2. The van der Waals surface area contributed by atoms with Crippen LogP contribution in [0, 0.1) is 0 Å². The van der Waals surface area contributed by atoms with Gasteiger partial charge in [0.2, 0.25) is 11.1 Å². The molecule has 0 spiro atoms. The lowest BCUT2D eigenvalue weighted by atomic mass is 10.2. The lowest BCUT2D eigenvalue weighted by Crippen LogP contribution is -2.36. The third-order valence-electron chi connectivity index (χ3n) is 5.00. The van der Waals surface area contributed by atoms with Gasteiger partial charge in [0.15, 0.2) is 5.82 Å². The van der Waals surface area contributed by atoms with Gasteiger partial charge in [0.05, 0.1) is 23.5 Å². The quantitative estimate of drug-likeness (QED) is 0.397. The van der Waals surface area contributed by atoms with E-state index < -0.39 is 5.25 Å². The summed E-state index contributed by atoms with van der Waals surface area (Å²) in [5.74, 6) is 6.39. The summed E-state index contributed by atoms with van der Waals surface area (Å²) in [5, 5.41) is 12.0. The largest absolute Gasteiger partial charge is 0.378 e. The summed E-state index contributed by atoms with van der Waals surface area (Å²) in [6.07, 6.45) is 0. The topological polar surface area (TPSA) is 98.3 Å². The average molecular weight is 493 g/mol. The van der Waals surface area contributed by atoms with E-state index in [4.69, 9.17) is 33.8 Å².